The normalized spacial score (nSPS) is 20.5. The van der Waals surface area contributed by atoms with Crippen LogP contribution < -0.4 is 11.1 Å². The van der Waals surface area contributed by atoms with Crippen molar-refractivity contribution in [1.82, 2.24) is 15.2 Å². The number of nitrogen functional groups attached to an aromatic ring is 1. The summed E-state index contributed by atoms with van der Waals surface area (Å²) in [5.74, 6) is -2.14. The van der Waals surface area contributed by atoms with Gasteiger partial charge in [-0.15, -0.1) is 23.1 Å². The van der Waals surface area contributed by atoms with Gasteiger partial charge in [-0.05, 0) is 0 Å². The van der Waals surface area contributed by atoms with Crippen molar-refractivity contribution in [3.63, 3.8) is 0 Å². The van der Waals surface area contributed by atoms with Crippen LogP contribution in [-0.2, 0) is 33.5 Å². The Balaban J connectivity index is 1.79. The molecule has 14 heteroatoms. The average molecular weight is 470 g/mol. The van der Waals surface area contributed by atoms with E-state index in [1.807, 2.05) is 0 Å². The number of nitrogens with two attached hydrogens (primary N) is 1. The van der Waals surface area contributed by atoms with Gasteiger partial charge in [0.2, 0.25) is 0 Å². The Hall–Kier alpha value is -3.13. The number of hydrogen-bond acceptors (Lipinski definition) is 12. The number of ether oxygens (including phenoxy) is 2. The Morgan fingerprint density at radius 1 is 1.39 bits per heavy atom. The fourth-order valence-electron chi connectivity index (χ4n) is 2.97. The molecule has 3 rings (SSSR count). The quantitative estimate of drug-likeness (QED) is 0.230. The van der Waals surface area contributed by atoms with Crippen LogP contribution in [0.3, 0.4) is 0 Å². The molecule has 166 valence electrons. The SMILES string of the molecule is CON=C(C(=O)N[C@H]1C(=O)N2C(C(=O)OC)=C(COC(C)=O)CS[C@H]12)c1csc(N)n1. The van der Waals surface area contributed by atoms with Crippen LogP contribution in [0.1, 0.15) is 12.6 Å². The number of hydrogen-bond donors (Lipinski definition) is 2. The van der Waals surface area contributed by atoms with Crippen LogP contribution in [0.15, 0.2) is 21.8 Å². The molecule has 1 saturated heterocycles. The van der Waals surface area contributed by atoms with Gasteiger partial charge in [-0.25, -0.2) is 9.78 Å². The number of amides is 2. The molecule has 1 aromatic rings. The smallest absolute Gasteiger partial charge is 0.354 e. The molecule has 1 aromatic heterocycles. The van der Waals surface area contributed by atoms with Crippen LogP contribution in [0, 0.1) is 0 Å². The lowest BCUT2D eigenvalue weighted by molar-refractivity contribution is -0.151. The second kappa shape index (κ2) is 9.34. The number of fused-ring (bicyclic) bond motifs is 1. The minimum absolute atomic E-state index is 0.0149. The Kier molecular flexibility index (Phi) is 6.80. The molecular weight excluding hydrogens is 450 g/mol. The fourth-order valence-corrected chi connectivity index (χ4v) is 4.85. The molecule has 0 aliphatic carbocycles. The number of β-lactam (4-membered cyclic amide) rings is 1. The summed E-state index contributed by atoms with van der Waals surface area (Å²) in [6, 6.07) is -0.912. The molecule has 0 radical (unpaired) electrons. The predicted molar refractivity (Wildman–Crippen MR) is 111 cm³/mol. The highest BCUT2D eigenvalue weighted by Crippen LogP contribution is 2.40. The summed E-state index contributed by atoms with van der Waals surface area (Å²) < 4.78 is 9.77. The average Bonchev–Trinajstić information content (AvgIpc) is 3.18. The van der Waals surface area contributed by atoms with Crippen molar-refractivity contribution in [3.05, 3.63) is 22.3 Å². The van der Waals surface area contributed by atoms with Gasteiger partial charge in [-0.1, -0.05) is 5.16 Å². The minimum Gasteiger partial charge on any atom is -0.464 e. The molecule has 31 heavy (non-hydrogen) atoms. The van der Waals surface area contributed by atoms with Crippen LogP contribution in [0.4, 0.5) is 5.13 Å². The number of thioether (sulfide) groups is 1. The van der Waals surface area contributed by atoms with Gasteiger partial charge in [0.15, 0.2) is 10.8 Å². The number of nitrogens with one attached hydrogen (secondary N) is 1. The van der Waals surface area contributed by atoms with Gasteiger partial charge in [0.1, 0.15) is 36.5 Å². The first-order chi connectivity index (χ1) is 14.8. The van der Waals surface area contributed by atoms with Crippen LogP contribution in [0.25, 0.3) is 0 Å². The molecule has 12 nitrogen and oxygen atoms in total. The van der Waals surface area contributed by atoms with Gasteiger partial charge in [-0.3, -0.25) is 19.3 Å². The summed E-state index contributed by atoms with van der Waals surface area (Å²) in [5, 5.41) is 7.53. The second-order valence-electron chi connectivity index (χ2n) is 6.28. The maximum atomic E-state index is 12.8. The number of thiazole rings is 1. The van der Waals surface area contributed by atoms with E-state index in [0.29, 0.717) is 11.3 Å². The van der Waals surface area contributed by atoms with E-state index in [2.05, 4.69) is 15.5 Å². The molecule has 0 aromatic carbocycles. The highest BCUT2D eigenvalue weighted by Gasteiger charge is 2.54. The van der Waals surface area contributed by atoms with Gasteiger partial charge in [-0.2, -0.15) is 0 Å². The van der Waals surface area contributed by atoms with E-state index in [1.54, 1.807) is 0 Å². The van der Waals surface area contributed by atoms with E-state index in [0.717, 1.165) is 11.3 Å². The Morgan fingerprint density at radius 2 is 2.13 bits per heavy atom. The van der Waals surface area contributed by atoms with E-state index in [1.165, 1.54) is 43.2 Å². The monoisotopic (exact) mass is 469 g/mol. The lowest BCUT2D eigenvalue weighted by atomic mass is 10.0. The van der Waals surface area contributed by atoms with Crippen molar-refractivity contribution in [3.8, 4) is 0 Å². The lowest BCUT2D eigenvalue weighted by Crippen LogP contribution is -2.71. The molecule has 2 aliphatic heterocycles. The molecule has 0 bridgehead atoms. The number of nitrogens with zero attached hydrogens (tertiary/aromatic N) is 3. The zero-order chi connectivity index (χ0) is 22.7. The molecule has 3 N–H and O–H groups in total. The number of carbonyl (C=O) groups is 4. The van der Waals surface area contributed by atoms with Gasteiger partial charge in [0, 0.05) is 23.6 Å². The minimum atomic E-state index is -0.912. The summed E-state index contributed by atoms with van der Waals surface area (Å²) in [5.41, 5.74) is 6.14. The number of esters is 2. The van der Waals surface area contributed by atoms with Crippen LogP contribution >= 0.6 is 23.1 Å². The summed E-state index contributed by atoms with van der Waals surface area (Å²) >= 11 is 2.44. The third kappa shape index (κ3) is 4.49. The molecule has 0 unspecified atom stereocenters. The van der Waals surface area contributed by atoms with Crippen molar-refractivity contribution in [2.45, 2.75) is 18.3 Å². The van der Waals surface area contributed by atoms with E-state index < -0.39 is 35.2 Å². The fraction of sp³-hybridized carbons (Fsp3) is 0.412. The lowest BCUT2D eigenvalue weighted by Gasteiger charge is -2.49. The van der Waals surface area contributed by atoms with Gasteiger partial charge in [0.25, 0.3) is 11.8 Å². The first-order valence-corrected chi connectivity index (χ1v) is 10.7. The summed E-state index contributed by atoms with van der Waals surface area (Å²) in [7, 11) is 2.46. The van der Waals surface area contributed by atoms with Gasteiger partial charge < -0.3 is 25.4 Å². The number of rotatable bonds is 7. The molecule has 2 aliphatic rings. The Morgan fingerprint density at radius 3 is 2.71 bits per heavy atom. The molecule has 0 saturated carbocycles. The van der Waals surface area contributed by atoms with E-state index >= 15 is 0 Å². The second-order valence-corrected chi connectivity index (χ2v) is 8.27. The maximum absolute atomic E-state index is 12.8. The molecule has 1 fully saturated rings. The van der Waals surface area contributed by atoms with Gasteiger partial charge in [0.05, 0.1) is 7.11 Å². The van der Waals surface area contributed by atoms with Crippen molar-refractivity contribution in [2.24, 2.45) is 5.16 Å². The topological polar surface area (TPSA) is 163 Å². The molecule has 2 atom stereocenters. The number of carbonyl (C=O) groups excluding carboxylic acids is 4. The first-order valence-electron chi connectivity index (χ1n) is 8.80. The third-order valence-corrected chi connectivity index (χ3v) is 6.34. The van der Waals surface area contributed by atoms with Crippen molar-refractivity contribution in [2.75, 3.05) is 32.3 Å². The van der Waals surface area contributed by atoms with Crippen LogP contribution in [0.5, 0.6) is 0 Å². The van der Waals surface area contributed by atoms with Crippen LogP contribution in [0.2, 0.25) is 0 Å². The molecular formula is C17H19N5O7S2. The zero-order valence-corrected chi connectivity index (χ0v) is 18.4. The molecule has 2 amide bonds. The summed E-state index contributed by atoms with van der Waals surface area (Å²) in [6.45, 7) is 1.10. The van der Waals surface area contributed by atoms with Gasteiger partial charge >= 0.3 is 11.9 Å². The highest BCUT2D eigenvalue weighted by atomic mass is 32.2. The highest BCUT2D eigenvalue weighted by molar-refractivity contribution is 8.00. The maximum Gasteiger partial charge on any atom is 0.354 e. The Labute approximate surface area is 184 Å². The third-order valence-electron chi connectivity index (χ3n) is 4.32. The number of anilines is 1. The largest absolute Gasteiger partial charge is 0.464 e. The van der Waals surface area contributed by atoms with Crippen molar-refractivity contribution < 1.29 is 33.5 Å². The summed E-state index contributed by atoms with van der Waals surface area (Å²) in [4.78, 5) is 58.9. The van der Waals surface area contributed by atoms with E-state index in [9.17, 15) is 19.2 Å². The number of methoxy groups -OCH3 is 1. The first kappa shape index (κ1) is 22.6. The standard InChI is InChI=1S/C17H19N5O7S2/c1-7(23)29-4-8-5-30-15-11(14(25)22(15)12(8)16(26)27-2)20-13(24)10(21-28-3)9-6-31-17(18)19-9/h6,11,15H,4-5H2,1-3H3,(H2,18,19)(H,20,24)/t11-,15+/m0/s1. The summed E-state index contributed by atoms with van der Waals surface area (Å²) in [6.07, 6.45) is 0. The van der Waals surface area contributed by atoms with E-state index in [4.69, 9.17) is 20.0 Å². The predicted octanol–water partition coefficient (Wildman–Crippen LogP) is -0.534. The van der Waals surface area contributed by atoms with Crippen molar-refractivity contribution >= 4 is 57.7 Å². The molecule has 0 spiro atoms. The zero-order valence-electron chi connectivity index (χ0n) is 16.7. The number of oxime groups is 1. The van der Waals surface area contributed by atoms with Crippen LogP contribution in [-0.4, -0.2) is 77.3 Å². The van der Waals surface area contributed by atoms with Crippen molar-refractivity contribution in [1.29, 1.82) is 0 Å². The number of aromatic nitrogens is 1. The molecule has 3 heterocycles. The Bertz CT molecular complexity index is 989. The van der Waals surface area contributed by atoms with E-state index in [-0.39, 0.29) is 28.8 Å².